The summed E-state index contributed by atoms with van der Waals surface area (Å²) >= 11 is 0. The first-order valence-electron chi connectivity index (χ1n) is 15.6. The Morgan fingerprint density at radius 2 is 1.38 bits per heavy atom. The van der Waals surface area contributed by atoms with E-state index < -0.39 is 19.9 Å². The second-order valence-electron chi connectivity index (χ2n) is 11.5. The molecule has 0 aliphatic heterocycles. The highest BCUT2D eigenvalue weighted by Gasteiger charge is 2.20. The minimum Gasteiger partial charge on any atom is -0.756 e. The van der Waals surface area contributed by atoms with Crippen molar-refractivity contribution in [2.24, 2.45) is 0 Å². The Morgan fingerprint density at radius 3 is 1.98 bits per heavy atom. The van der Waals surface area contributed by atoms with E-state index in [9.17, 15) is 14.3 Å². The molecular weight excluding hydrogens is 529 g/mol. The van der Waals surface area contributed by atoms with E-state index in [1.807, 2.05) is 28.1 Å². The van der Waals surface area contributed by atoms with Crippen molar-refractivity contribution in [3.05, 3.63) is 24.3 Å². The highest BCUT2D eigenvalue weighted by Crippen LogP contribution is 2.38. The Balaban J connectivity index is 3.97. The minimum absolute atomic E-state index is 0.0225. The van der Waals surface area contributed by atoms with E-state index in [-0.39, 0.29) is 26.2 Å². The van der Waals surface area contributed by atoms with Crippen LogP contribution < -0.4 is 4.89 Å². The van der Waals surface area contributed by atoms with Crippen molar-refractivity contribution in [1.82, 2.24) is 0 Å². The van der Waals surface area contributed by atoms with E-state index >= 15 is 0 Å². The summed E-state index contributed by atoms with van der Waals surface area (Å²) in [5.41, 5.74) is 0. The number of esters is 1. The summed E-state index contributed by atoms with van der Waals surface area (Å²) in [5.74, 6) is -0.393. The van der Waals surface area contributed by atoms with Crippen LogP contribution in [-0.4, -0.2) is 70.7 Å². The molecule has 0 N–H and O–H groups in total. The molecule has 9 heteroatoms. The van der Waals surface area contributed by atoms with Crippen LogP contribution in [0.4, 0.5) is 0 Å². The standard InChI is InChI=1S/C31H60NO7P/c1-6-8-9-10-11-12-13-14-15-16-17-18-19-20-21-22-23-26-36-28-30(39-31(33)24-7-2)29-38-40(34,35)37-27-25-32(3,4)5/h12-13,15-16,30H,6-11,14,17-29H2,1-5H3/b13-12-,16-15-. The zero-order valence-corrected chi connectivity index (χ0v) is 27.2. The largest absolute Gasteiger partial charge is 0.756 e. The monoisotopic (exact) mass is 589 g/mol. The fourth-order valence-electron chi connectivity index (χ4n) is 3.79. The van der Waals surface area contributed by atoms with Crippen molar-refractivity contribution in [1.29, 1.82) is 0 Å². The van der Waals surface area contributed by atoms with E-state index in [1.165, 1.54) is 51.4 Å². The van der Waals surface area contributed by atoms with Crippen LogP contribution in [0.25, 0.3) is 0 Å². The van der Waals surface area contributed by atoms with E-state index in [0.29, 0.717) is 24.1 Å². The summed E-state index contributed by atoms with van der Waals surface area (Å²) in [4.78, 5) is 24.0. The minimum atomic E-state index is -4.48. The van der Waals surface area contributed by atoms with Gasteiger partial charge in [-0.25, -0.2) is 0 Å². The van der Waals surface area contributed by atoms with Crippen molar-refractivity contribution >= 4 is 13.8 Å². The normalized spacial score (nSPS) is 14.7. The molecule has 0 rings (SSSR count). The van der Waals surface area contributed by atoms with Gasteiger partial charge >= 0.3 is 5.97 Å². The van der Waals surface area contributed by atoms with Crippen LogP contribution in [0.3, 0.4) is 0 Å². The summed E-state index contributed by atoms with van der Waals surface area (Å²) in [7, 11) is 1.34. The van der Waals surface area contributed by atoms with E-state index in [1.54, 1.807) is 0 Å². The third-order valence-corrected chi connectivity index (χ3v) is 7.19. The molecule has 0 saturated heterocycles. The molecular formula is C31H60NO7P. The maximum Gasteiger partial charge on any atom is 0.306 e. The van der Waals surface area contributed by atoms with Gasteiger partial charge in [-0.1, -0.05) is 83.1 Å². The van der Waals surface area contributed by atoms with Gasteiger partial charge in [0.1, 0.15) is 19.3 Å². The molecule has 0 fully saturated rings. The van der Waals surface area contributed by atoms with Crippen molar-refractivity contribution < 1.29 is 37.3 Å². The molecule has 2 atom stereocenters. The summed E-state index contributed by atoms with van der Waals surface area (Å²) in [6.07, 6.45) is 24.8. The number of quaternary nitrogens is 1. The van der Waals surface area contributed by atoms with Gasteiger partial charge in [-0.15, -0.1) is 0 Å². The number of phosphoric ester groups is 1. The van der Waals surface area contributed by atoms with Crippen LogP contribution in [0.2, 0.25) is 0 Å². The first-order valence-corrected chi connectivity index (χ1v) is 17.0. The Kier molecular flexibility index (Phi) is 25.0. The third-order valence-electron chi connectivity index (χ3n) is 6.23. The molecule has 0 radical (unpaired) electrons. The Hall–Kier alpha value is -1.02. The second kappa shape index (κ2) is 25.7. The second-order valence-corrected chi connectivity index (χ2v) is 12.9. The van der Waals surface area contributed by atoms with Crippen molar-refractivity contribution in [3.8, 4) is 0 Å². The van der Waals surface area contributed by atoms with E-state index in [4.69, 9.17) is 18.5 Å². The van der Waals surface area contributed by atoms with Crippen molar-refractivity contribution in [3.63, 3.8) is 0 Å². The molecule has 0 heterocycles. The smallest absolute Gasteiger partial charge is 0.306 e. The predicted molar refractivity (Wildman–Crippen MR) is 162 cm³/mol. The molecule has 0 aliphatic rings. The molecule has 0 amide bonds. The molecule has 0 aromatic heterocycles. The molecule has 0 aromatic rings. The molecule has 2 unspecified atom stereocenters. The first kappa shape index (κ1) is 39.0. The zero-order chi connectivity index (χ0) is 30.0. The van der Waals surface area contributed by atoms with E-state index in [2.05, 4.69) is 31.2 Å². The number of likely N-dealkylation sites (N-methyl/N-ethyl adjacent to an activating group) is 1. The maximum atomic E-state index is 12.1. The van der Waals surface area contributed by atoms with Gasteiger partial charge < -0.3 is 27.9 Å². The number of nitrogens with zero attached hydrogens (tertiary/aromatic N) is 1. The molecule has 0 aliphatic carbocycles. The average Bonchev–Trinajstić information content (AvgIpc) is 2.87. The van der Waals surface area contributed by atoms with Gasteiger partial charge in [0.15, 0.2) is 0 Å². The quantitative estimate of drug-likeness (QED) is 0.0315. The maximum absolute atomic E-state index is 12.1. The average molecular weight is 590 g/mol. The highest BCUT2D eigenvalue weighted by atomic mass is 31.2. The van der Waals surface area contributed by atoms with Crippen LogP contribution >= 0.6 is 7.82 Å². The number of rotatable bonds is 28. The van der Waals surface area contributed by atoms with Crippen LogP contribution in [0.1, 0.15) is 110 Å². The number of carbonyl (C=O) groups is 1. The molecule has 40 heavy (non-hydrogen) atoms. The Morgan fingerprint density at radius 1 is 0.775 bits per heavy atom. The number of allylic oxidation sites excluding steroid dienone is 4. The third kappa shape index (κ3) is 28.5. The van der Waals surface area contributed by atoms with Crippen molar-refractivity contribution in [2.45, 2.75) is 116 Å². The van der Waals surface area contributed by atoms with Gasteiger partial charge in [-0.2, -0.15) is 0 Å². The predicted octanol–water partition coefficient (Wildman–Crippen LogP) is 7.13. The lowest BCUT2D eigenvalue weighted by atomic mass is 10.1. The van der Waals surface area contributed by atoms with Gasteiger partial charge in [0.2, 0.25) is 0 Å². The lowest BCUT2D eigenvalue weighted by Crippen LogP contribution is -2.37. The summed E-state index contributed by atoms with van der Waals surface area (Å²) < 4.78 is 33.6. The lowest BCUT2D eigenvalue weighted by molar-refractivity contribution is -0.870. The van der Waals surface area contributed by atoms with Gasteiger partial charge in [-0.05, 0) is 44.9 Å². The summed E-state index contributed by atoms with van der Waals surface area (Å²) in [6.45, 7) is 4.97. The Bertz CT molecular complexity index is 706. The number of unbranched alkanes of at least 4 members (excludes halogenated alkanes) is 10. The Labute approximate surface area is 245 Å². The van der Waals surface area contributed by atoms with E-state index in [0.717, 1.165) is 32.1 Å². The molecule has 236 valence electrons. The number of phosphoric acid groups is 1. The fourth-order valence-corrected chi connectivity index (χ4v) is 4.52. The number of carbonyl (C=O) groups excluding carboxylic acids is 1. The number of hydrogen-bond acceptors (Lipinski definition) is 7. The molecule has 8 nitrogen and oxygen atoms in total. The SMILES string of the molecule is CCCCCC/C=C\C/C=C\CCCCCCCCOCC(COP(=O)([O-])OCC[N+](C)(C)C)OC(=O)CCC. The zero-order valence-electron chi connectivity index (χ0n) is 26.3. The fraction of sp³-hybridized carbons (Fsp3) is 0.839. The highest BCUT2D eigenvalue weighted by molar-refractivity contribution is 7.45. The molecule has 0 bridgehead atoms. The van der Waals surface area contributed by atoms with Gasteiger partial charge in [-0.3, -0.25) is 9.36 Å². The summed E-state index contributed by atoms with van der Waals surface area (Å²) in [5, 5.41) is 0. The van der Waals surface area contributed by atoms with Gasteiger partial charge in [0.05, 0.1) is 34.4 Å². The van der Waals surface area contributed by atoms with Crippen LogP contribution in [0.15, 0.2) is 24.3 Å². The van der Waals surface area contributed by atoms with Gasteiger partial charge in [0, 0.05) is 13.0 Å². The van der Waals surface area contributed by atoms with Crippen LogP contribution in [0, 0.1) is 0 Å². The summed E-state index contributed by atoms with van der Waals surface area (Å²) in [6, 6.07) is 0. The number of hydrogen-bond donors (Lipinski definition) is 0. The first-order chi connectivity index (χ1) is 19.1. The van der Waals surface area contributed by atoms with Crippen LogP contribution in [-0.2, 0) is 27.9 Å². The van der Waals surface area contributed by atoms with Crippen molar-refractivity contribution in [2.75, 3.05) is 54.1 Å². The molecule has 0 saturated carbocycles. The van der Waals surface area contributed by atoms with Crippen LogP contribution in [0.5, 0.6) is 0 Å². The molecule has 0 spiro atoms. The lowest BCUT2D eigenvalue weighted by Gasteiger charge is -2.28. The van der Waals surface area contributed by atoms with Gasteiger partial charge in [0.25, 0.3) is 7.82 Å². The topological polar surface area (TPSA) is 94.1 Å². The number of ether oxygens (including phenoxy) is 2. The molecule has 0 aromatic carbocycles.